The quantitative estimate of drug-likeness (QED) is 0.784. The number of methoxy groups -OCH3 is 1. The van der Waals surface area contributed by atoms with Crippen molar-refractivity contribution in [3.8, 4) is 5.75 Å². The summed E-state index contributed by atoms with van der Waals surface area (Å²) in [5.41, 5.74) is 1.12. The first-order valence-electron chi connectivity index (χ1n) is 4.75. The Morgan fingerprint density at radius 1 is 1.33 bits per heavy atom. The van der Waals surface area contributed by atoms with Gasteiger partial charge in [0.2, 0.25) is 0 Å². The van der Waals surface area contributed by atoms with E-state index in [4.69, 9.17) is 27.9 Å². The monoisotopic (exact) mass is 262 g/mol. The van der Waals surface area contributed by atoms with Crippen molar-refractivity contribution in [2.75, 3.05) is 12.9 Å². The lowest BCUT2D eigenvalue weighted by molar-refractivity contribution is 0.414. The molecule has 0 aliphatic carbocycles. The van der Waals surface area contributed by atoms with Crippen molar-refractivity contribution < 1.29 is 4.74 Å². The molecule has 0 saturated carbocycles. The summed E-state index contributed by atoms with van der Waals surface area (Å²) in [4.78, 5) is 0. The lowest BCUT2D eigenvalue weighted by atomic mass is 9.96. The molecule has 0 spiro atoms. The molecular formula is C11H12Cl2OS. The van der Waals surface area contributed by atoms with Crippen LogP contribution < -0.4 is 4.74 Å². The molecule has 1 aliphatic rings. The van der Waals surface area contributed by atoms with E-state index in [0.29, 0.717) is 15.8 Å². The third-order valence-electron chi connectivity index (χ3n) is 2.84. The maximum absolute atomic E-state index is 6.25. The van der Waals surface area contributed by atoms with Gasteiger partial charge in [-0.25, -0.2) is 0 Å². The van der Waals surface area contributed by atoms with Gasteiger partial charge >= 0.3 is 0 Å². The zero-order chi connectivity index (χ0) is 11.1. The van der Waals surface area contributed by atoms with Gasteiger partial charge in [-0.3, -0.25) is 0 Å². The second-order valence-corrected chi connectivity index (χ2v) is 6.13. The molecule has 15 heavy (non-hydrogen) atoms. The Morgan fingerprint density at radius 2 is 2.00 bits per heavy atom. The van der Waals surface area contributed by atoms with Crippen LogP contribution >= 0.6 is 35.0 Å². The fraction of sp³-hybridized carbons (Fsp3) is 0.455. The van der Waals surface area contributed by atoms with E-state index in [1.807, 2.05) is 23.9 Å². The van der Waals surface area contributed by atoms with Gasteiger partial charge in [-0.2, -0.15) is 11.8 Å². The van der Waals surface area contributed by atoms with E-state index in [-0.39, 0.29) is 4.75 Å². The molecule has 1 saturated heterocycles. The molecule has 1 unspecified atom stereocenters. The second kappa shape index (κ2) is 4.08. The summed E-state index contributed by atoms with van der Waals surface area (Å²) in [6.07, 6.45) is 1.15. The smallest absolute Gasteiger partial charge is 0.138 e. The van der Waals surface area contributed by atoms with Gasteiger partial charge in [0, 0.05) is 4.75 Å². The number of hydrogen-bond donors (Lipinski definition) is 0. The van der Waals surface area contributed by atoms with Crippen LogP contribution in [-0.4, -0.2) is 12.9 Å². The molecule has 1 aromatic carbocycles. The highest BCUT2D eigenvalue weighted by Gasteiger charge is 2.37. The van der Waals surface area contributed by atoms with Crippen LogP contribution in [0.15, 0.2) is 12.1 Å². The minimum Gasteiger partial charge on any atom is -0.495 e. The van der Waals surface area contributed by atoms with Crippen molar-refractivity contribution in [2.24, 2.45) is 0 Å². The van der Waals surface area contributed by atoms with E-state index in [1.54, 1.807) is 7.11 Å². The van der Waals surface area contributed by atoms with Crippen molar-refractivity contribution in [3.63, 3.8) is 0 Å². The van der Waals surface area contributed by atoms with Crippen molar-refractivity contribution in [2.45, 2.75) is 18.1 Å². The molecule has 2 rings (SSSR count). The van der Waals surface area contributed by atoms with Crippen molar-refractivity contribution in [1.82, 2.24) is 0 Å². The number of rotatable bonds is 2. The Labute approximate surface area is 104 Å². The van der Waals surface area contributed by atoms with E-state index in [0.717, 1.165) is 12.0 Å². The Hall–Kier alpha value is -0.0500. The largest absolute Gasteiger partial charge is 0.495 e. The Kier molecular flexibility index (Phi) is 3.11. The Bertz CT molecular complexity index is 388. The van der Waals surface area contributed by atoms with Crippen LogP contribution in [0.1, 0.15) is 18.9 Å². The zero-order valence-electron chi connectivity index (χ0n) is 8.64. The van der Waals surface area contributed by atoms with Crippen molar-refractivity contribution in [3.05, 3.63) is 27.7 Å². The predicted octanol–water partition coefficient (Wildman–Crippen LogP) is 4.35. The predicted molar refractivity (Wildman–Crippen MR) is 67.4 cm³/mol. The molecule has 0 bridgehead atoms. The number of thioether (sulfide) groups is 1. The van der Waals surface area contributed by atoms with Crippen molar-refractivity contribution in [1.29, 1.82) is 0 Å². The summed E-state index contributed by atoms with van der Waals surface area (Å²) >= 11 is 14.3. The highest BCUT2D eigenvalue weighted by molar-refractivity contribution is 8.01. The number of hydrogen-bond acceptors (Lipinski definition) is 2. The fourth-order valence-electron chi connectivity index (χ4n) is 1.72. The lowest BCUT2D eigenvalue weighted by Gasteiger charge is -2.39. The molecule has 1 aromatic rings. The summed E-state index contributed by atoms with van der Waals surface area (Å²) in [5.74, 6) is 1.83. The second-order valence-electron chi connectivity index (χ2n) is 3.77. The van der Waals surface area contributed by atoms with Crippen LogP contribution in [0.3, 0.4) is 0 Å². The molecule has 82 valence electrons. The van der Waals surface area contributed by atoms with Gasteiger partial charge in [-0.1, -0.05) is 29.3 Å². The van der Waals surface area contributed by atoms with Gasteiger partial charge in [0.15, 0.2) is 0 Å². The molecule has 0 aromatic heterocycles. The number of benzene rings is 1. The molecule has 1 atom stereocenters. The molecule has 0 N–H and O–H groups in total. The Morgan fingerprint density at radius 3 is 2.47 bits per heavy atom. The highest BCUT2D eigenvalue weighted by Crippen LogP contribution is 2.52. The first kappa shape index (κ1) is 11.4. The van der Waals surface area contributed by atoms with Crippen LogP contribution in [0.4, 0.5) is 0 Å². The third-order valence-corrected chi connectivity index (χ3v) is 5.17. The first-order valence-corrected chi connectivity index (χ1v) is 6.49. The SMILES string of the molecule is COc1ccc(C2(C)CCS2)c(Cl)c1Cl. The minimum atomic E-state index is 0.132. The van der Waals surface area contributed by atoms with E-state index >= 15 is 0 Å². The maximum Gasteiger partial charge on any atom is 0.138 e. The van der Waals surface area contributed by atoms with E-state index in [1.165, 1.54) is 5.75 Å². The van der Waals surface area contributed by atoms with Crippen LogP contribution in [-0.2, 0) is 4.75 Å². The van der Waals surface area contributed by atoms with Crippen LogP contribution in [0.5, 0.6) is 5.75 Å². The van der Waals surface area contributed by atoms with Crippen LogP contribution in [0.25, 0.3) is 0 Å². The Balaban J connectivity index is 2.46. The minimum absolute atomic E-state index is 0.132. The normalized spacial score (nSPS) is 24.8. The third kappa shape index (κ3) is 1.83. The van der Waals surface area contributed by atoms with Crippen LogP contribution in [0.2, 0.25) is 10.0 Å². The topological polar surface area (TPSA) is 9.23 Å². The van der Waals surface area contributed by atoms with E-state index < -0.39 is 0 Å². The van der Waals surface area contributed by atoms with Gasteiger partial charge in [0.05, 0.1) is 12.1 Å². The molecular weight excluding hydrogens is 251 g/mol. The van der Waals surface area contributed by atoms with Gasteiger partial charge in [-0.05, 0) is 30.7 Å². The van der Waals surface area contributed by atoms with E-state index in [9.17, 15) is 0 Å². The highest BCUT2D eigenvalue weighted by atomic mass is 35.5. The average Bonchev–Trinajstić information content (AvgIpc) is 2.19. The number of ether oxygens (including phenoxy) is 1. The molecule has 1 heterocycles. The average molecular weight is 263 g/mol. The molecule has 1 fully saturated rings. The lowest BCUT2D eigenvalue weighted by Crippen LogP contribution is -2.28. The van der Waals surface area contributed by atoms with Gasteiger partial charge in [0.25, 0.3) is 0 Å². The number of halogens is 2. The van der Waals surface area contributed by atoms with E-state index in [2.05, 4.69) is 6.92 Å². The summed E-state index contributed by atoms with van der Waals surface area (Å²) in [6, 6.07) is 3.90. The van der Waals surface area contributed by atoms with Gasteiger partial charge in [-0.15, -0.1) is 0 Å². The summed E-state index contributed by atoms with van der Waals surface area (Å²) in [7, 11) is 1.59. The zero-order valence-corrected chi connectivity index (χ0v) is 11.0. The molecule has 4 heteroatoms. The molecule has 0 radical (unpaired) electrons. The molecule has 1 aliphatic heterocycles. The maximum atomic E-state index is 6.25. The summed E-state index contributed by atoms with van der Waals surface area (Å²) < 4.78 is 5.25. The van der Waals surface area contributed by atoms with Gasteiger partial charge < -0.3 is 4.74 Å². The van der Waals surface area contributed by atoms with Crippen molar-refractivity contribution >= 4 is 35.0 Å². The fourth-order valence-corrected chi connectivity index (χ4v) is 3.52. The summed E-state index contributed by atoms with van der Waals surface area (Å²) in [5, 5.41) is 1.15. The molecule has 0 amide bonds. The van der Waals surface area contributed by atoms with Gasteiger partial charge in [0.1, 0.15) is 10.8 Å². The first-order chi connectivity index (χ1) is 7.08. The standard InChI is InChI=1S/C11H12Cl2OS/c1-11(5-6-15-11)7-3-4-8(14-2)10(13)9(7)12/h3-4H,5-6H2,1-2H3. The summed E-state index contributed by atoms with van der Waals surface area (Å²) in [6.45, 7) is 2.20. The molecule has 1 nitrogen and oxygen atoms in total. The van der Waals surface area contributed by atoms with Crippen LogP contribution in [0, 0.1) is 0 Å².